The number of carbonyl (C=O) groups is 1. The molecule has 10 heteroatoms. The molecule has 0 aliphatic carbocycles. The maximum Gasteiger partial charge on any atom is 0.261 e. The molecule has 0 radical (unpaired) electrons. The smallest absolute Gasteiger partial charge is 0.261 e. The van der Waals surface area contributed by atoms with Gasteiger partial charge in [-0.05, 0) is 47.7 Å². The second-order valence-electron chi connectivity index (χ2n) is 7.84. The molecule has 8 nitrogen and oxygen atoms in total. The number of methoxy groups -OCH3 is 1. The topological polar surface area (TPSA) is 109 Å². The number of nitrogens with zero attached hydrogens (tertiary/aromatic N) is 2. The fourth-order valence-electron chi connectivity index (χ4n) is 2.90. The predicted molar refractivity (Wildman–Crippen MR) is 115 cm³/mol. The maximum absolute atomic E-state index is 13.5. The molecule has 166 valence electrons. The van der Waals surface area contributed by atoms with Crippen molar-refractivity contribution in [2.24, 2.45) is 5.41 Å². The van der Waals surface area contributed by atoms with Gasteiger partial charge in [0.2, 0.25) is 10.0 Å². The number of hydrogen-bond donors (Lipinski definition) is 2. The minimum absolute atomic E-state index is 0. The van der Waals surface area contributed by atoms with Crippen molar-refractivity contribution in [3.05, 3.63) is 54.4 Å². The highest BCUT2D eigenvalue weighted by molar-refractivity contribution is 7.89. The quantitative estimate of drug-likeness (QED) is 0.466. The van der Waals surface area contributed by atoms with Crippen LogP contribution in [0.1, 0.15) is 32.8 Å². The van der Waals surface area contributed by atoms with Gasteiger partial charge in [-0.1, -0.05) is 26.8 Å². The summed E-state index contributed by atoms with van der Waals surface area (Å²) in [5.74, 6) is -0.275. The minimum Gasteiger partial charge on any atom is -0.497 e. The number of benzene rings is 1. The molecular formula is C20H28ClN3O5S. The summed E-state index contributed by atoms with van der Waals surface area (Å²) in [7, 11) is -2.58. The van der Waals surface area contributed by atoms with Crippen molar-refractivity contribution >= 4 is 28.3 Å². The number of halogens is 1. The summed E-state index contributed by atoms with van der Waals surface area (Å²) in [6.45, 7) is 5.61. The van der Waals surface area contributed by atoms with Gasteiger partial charge < -0.3 is 4.74 Å². The third kappa shape index (κ3) is 6.66. The molecule has 1 amide bonds. The predicted octanol–water partition coefficient (Wildman–Crippen LogP) is 3.01. The van der Waals surface area contributed by atoms with Crippen LogP contribution in [0.25, 0.3) is 0 Å². The van der Waals surface area contributed by atoms with E-state index in [-0.39, 0.29) is 35.7 Å². The highest BCUT2D eigenvalue weighted by atomic mass is 35.5. The van der Waals surface area contributed by atoms with Crippen LogP contribution in [0.3, 0.4) is 0 Å². The Morgan fingerprint density at radius 3 is 2.33 bits per heavy atom. The van der Waals surface area contributed by atoms with E-state index in [1.165, 1.54) is 19.2 Å². The number of aromatic nitrogens is 1. The zero-order valence-electron chi connectivity index (χ0n) is 17.4. The molecule has 1 aromatic heterocycles. The Labute approximate surface area is 183 Å². The normalized spacial score (nSPS) is 12.7. The van der Waals surface area contributed by atoms with Crippen molar-refractivity contribution in [3.8, 4) is 5.75 Å². The molecule has 0 bridgehead atoms. The van der Waals surface area contributed by atoms with E-state index in [1.54, 1.807) is 42.1 Å². The fourth-order valence-corrected chi connectivity index (χ4v) is 4.47. The van der Waals surface area contributed by atoms with Gasteiger partial charge in [0.15, 0.2) is 0 Å². The summed E-state index contributed by atoms with van der Waals surface area (Å²) in [5, 5.41) is 9.27. The number of carbonyl (C=O) groups excluding carboxylic acids is 1. The number of nitrogens with one attached hydrogen (secondary N) is 1. The molecule has 0 spiro atoms. The summed E-state index contributed by atoms with van der Waals surface area (Å²) < 4.78 is 33.2. The number of amides is 1. The van der Waals surface area contributed by atoms with Gasteiger partial charge in [0, 0.05) is 18.9 Å². The lowest BCUT2D eigenvalue weighted by Crippen LogP contribution is -2.50. The summed E-state index contributed by atoms with van der Waals surface area (Å²) >= 11 is 0. The Hall–Kier alpha value is -2.20. The third-order valence-electron chi connectivity index (χ3n) is 4.29. The molecule has 0 aliphatic rings. The van der Waals surface area contributed by atoms with Gasteiger partial charge >= 0.3 is 0 Å². The summed E-state index contributed by atoms with van der Waals surface area (Å²) in [6.07, 6.45) is 3.33. The van der Waals surface area contributed by atoms with Crippen LogP contribution >= 0.6 is 12.4 Å². The van der Waals surface area contributed by atoms with Crippen LogP contribution in [0.5, 0.6) is 5.75 Å². The van der Waals surface area contributed by atoms with E-state index in [1.807, 2.05) is 20.8 Å². The molecule has 30 heavy (non-hydrogen) atoms. The van der Waals surface area contributed by atoms with Gasteiger partial charge in [-0.25, -0.2) is 13.9 Å². The van der Waals surface area contributed by atoms with E-state index in [9.17, 15) is 18.4 Å². The van der Waals surface area contributed by atoms with Crippen molar-refractivity contribution in [3.63, 3.8) is 0 Å². The zero-order chi connectivity index (χ0) is 21.7. The van der Waals surface area contributed by atoms with Crippen LogP contribution in [0.15, 0.2) is 53.7 Å². The van der Waals surface area contributed by atoms with Gasteiger partial charge in [0.1, 0.15) is 11.8 Å². The van der Waals surface area contributed by atoms with E-state index in [0.29, 0.717) is 11.3 Å². The molecule has 1 heterocycles. The first-order chi connectivity index (χ1) is 13.6. The third-order valence-corrected chi connectivity index (χ3v) is 6.16. The van der Waals surface area contributed by atoms with Crippen LogP contribution in [0.2, 0.25) is 0 Å². The molecule has 2 rings (SSSR count). The second kappa shape index (κ2) is 10.7. The van der Waals surface area contributed by atoms with Crippen LogP contribution in [0.4, 0.5) is 0 Å². The number of rotatable bonds is 8. The van der Waals surface area contributed by atoms with Crippen molar-refractivity contribution in [2.75, 3.05) is 7.11 Å². The lowest BCUT2D eigenvalue weighted by molar-refractivity contribution is -0.134. The average molecular weight is 458 g/mol. The molecule has 0 fully saturated rings. The first-order valence-corrected chi connectivity index (χ1v) is 10.5. The monoisotopic (exact) mass is 457 g/mol. The summed E-state index contributed by atoms with van der Waals surface area (Å²) in [6, 6.07) is 8.24. The fraction of sp³-hybridized carbons (Fsp3) is 0.400. The molecule has 0 saturated carbocycles. The molecule has 1 aromatic carbocycles. The Morgan fingerprint density at radius 2 is 1.87 bits per heavy atom. The van der Waals surface area contributed by atoms with E-state index >= 15 is 0 Å². The van der Waals surface area contributed by atoms with Gasteiger partial charge in [0.05, 0.1) is 12.0 Å². The van der Waals surface area contributed by atoms with Gasteiger partial charge in [-0.15, -0.1) is 12.4 Å². The van der Waals surface area contributed by atoms with E-state index in [4.69, 9.17) is 4.74 Å². The molecule has 0 saturated heterocycles. The first-order valence-electron chi connectivity index (χ1n) is 9.07. The van der Waals surface area contributed by atoms with Crippen molar-refractivity contribution < 1.29 is 23.2 Å². The molecule has 1 atom stereocenters. The molecule has 2 N–H and O–H groups in total. The highest BCUT2D eigenvalue weighted by Crippen LogP contribution is 2.29. The maximum atomic E-state index is 13.5. The van der Waals surface area contributed by atoms with Crippen LogP contribution in [-0.2, 0) is 21.4 Å². The Balaban J connectivity index is 0.00000450. The van der Waals surface area contributed by atoms with Crippen LogP contribution in [0, 0.1) is 5.41 Å². The zero-order valence-corrected chi connectivity index (χ0v) is 19.0. The van der Waals surface area contributed by atoms with Gasteiger partial charge in [-0.3, -0.25) is 15.0 Å². The standard InChI is InChI=1S/C20H27N3O5S.ClH/c1-20(2,3)12-18(19(24)22-25)23(14-15-6-5-11-21-13-15)29(26,27)17-9-7-16(28-4)8-10-17;/h5-11,13,18,25H,12,14H2,1-4H3,(H,22,24);1H/t18-;/m1./s1. The second-order valence-corrected chi connectivity index (χ2v) is 9.73. The number of hydroxylamine groups is 1. The highest BCUT2D eigenvalue weighted by Gasteiger charge is 2.38. The SMILES string of the molecule is COc1ccc(S(=O)(=O)N(Cc2cccnc2)[C@H](CC(C)(C)C)C(=O)NO)cc1.Cl. The number of hydrogen-bond acceptors (Lipinski definition) is 6. The van der Waals surface area contributed by atoms with E-state index < -0.39 is 22.0 Å². The largest absolute Gasteiger partial charge is 0.497 e. The Bertz CT molecular complexity index is 916. The van der Waals surface area contributed by atoms with Crippen molar-refractivity contribution in [2.45, 2.75) is 44.7 Å². The van der Waals surface area contributed by atoms with Gasteiger partial charge in [-0.2, -0.15) is 4.31 Å². The number of ether oxygens (including phenoxy) is 1. The summed E-state index contributed by atoms with van der Waals surface area (Å²) in [5.41, 5.74) is 1.86. The Morgan fingerprint density at radius 1 is 1.23 bits per heavy atom. The van der Waals surface area contributed by atoms with E-state index in [2.05, 4.69) is 4.98 Å². The molecule has 2 aromatic rings. The van der Waals surface area contributed by atoms with Crippen LogP contribution in [-0.4, -0.2) is 42.0 Å². The molecular weight excluding hydrogens is 430 g/mol. The lowest BCUT2D eigenvalue weighted by atomic mass is 9.87. The first kappa shape index (κ1) is 25.8. The lowest BCUT2D eigenvalue weighted by Gasteiger charge is -2.33. The van der Waals surface area contributed by atoms with Gasteiger partial charge in [0.25, 0.3) is 5.91 Å². The Kier molecular flexibility index (Phi) is 9.23. The number of sulfonamides is 1. The van der Waals surface area contributed by atoms with Crippen molar-refractivity contribution in [1.82, 2.24) is 14.8 Å². The average Bonchev–Trinajstić information content (AvgIpc) is 2.70. The van der Waals surface area contributed by atoms with Crippen LogP contribution < -0.4 is 10.2 Å². The number of pyridine rings is 1. The molecule has 0 unspecified atom stereocenters. The summed E-state index contributed by atoms with van der Waals surface area (Å²) in [4.78, 5) is 16.5. The minimum atomic E-state index is -4.07. The molecule has 0 aliphatic heterocycles. The van der Waals surface area contributed by atoms with E-state index in [0.717, 1.165) is 4.31 Å². The van der Waals surface area contributed by atoms with Crippen molar-refractivity contribution in [1.29, 1.82) is 0 Å².